The largest absolute Gasteiger partial charge is 0.470 e. The van der Waals surface area contributed by atoms with Crippen molar-refractivity contribution in [3.05, 3.63) is 21.1 Å². The molecule has 0 atom stereocenters. The summed E-state index contributed by atoms with van der Waals surface area (Å²) in [5.41, 5.74) is -0.101. The van der Waals surface area contributed by atoms with Crippen LogP contribution in [-0.4, -0.2) is 34.7 Å². The topological polar surface area (TPSA) is 87.4 Å². The van der Waals surface area contributed by atoms with Gasteiger partial charge in [-0.1, -0.05) is 13.8 Å². The van der Waals surface area contributed by atoms with Gasteiger partial charge in [-0.2, -0.15) is 4.98 Å². The van der Waals surface area contributed by atoms with E-state index in [9.17, 15) is 10.1 Å². The first-order valence-electron chi connectivity index (χ1n) is 5.81. The van der Waals surface area contributed by atoms with Crippen LogP contribution < -0.4 is 4.74 Å². The van der Waals surface area contributed by atoms with Gasteiger partial charge in [-0.05, 0) is 24.4 Å². The van der Waals surface area contributed by atoms with E-state index in [1.807, 2.05) is 13.8 Å². The molecule has 106 valence electrons. The Balaban J connectivity index is 2.64. The molecule has 0 saturated carbocycles. The molecule has 0 saturated heterocycles. The maximum absolute atomic E-state index is 10.9. The predicted molar refractivity (Wildman–Crippen MR) is 69.6 cm³/mol. The fraction of sp³-hybridized carbons (Fsp3) is 0.636. The molecule has 0 bridgehead atoms. The Hall–Kier alpha value is -1.47. The lowest BCUT2D eigenvalue weighted by Crippen LogP contribution is -2.12. The minimum Gasteiger partial charge on any atom is -0.470 e. The fourth-order valence-corrected chi connectivity index (χ4v) is 1.54. The minimum absolute atomic E-state index is 0.0822. The number of rotatable bonds is 7. The van der Waals surface area contributed by atoms with Crippen LogP contribution in [0.1, 0.15) is 19.5 Å². The smallest absolute Gasteiger partial charge is 0.352 e. The summed E-state index contributed by atoms with van der Waals surface area (Å²) < 4.78 is 10.5. The van der Waals surface area contributed by atoms with Gasteiger partial charge in [0.25, 0.3) is 5.88 Å². The van der Waals surface area contributed by atoms with Crippen molar-refractivity contribution >= 4 is 17.3 Å². The molecule has 0 aliphatic carbocycles. The van der Waals surface area contributed by atoms with E-state index >= 15 is 0 Å². The summed E-state index contributed by atoms with van der Waals surface area (Å²) in [5, 5.41) is 10.8. The van der Waals surface area contributed by atoms with E-state index < -0.39 is 4.92 Å². The first-order chi connectivity index (χ1) is 8.91. The Kier molecular flexibility index (Phi) is 5.91. The van der Waals surface area contributed by atoms with Crippen molar-refractivity contribution in [3.63, 3.8) is 0 Å². The molecule has 0 fully saturated rings. The van der Waals surface area contributed by atoms with Crippen LogP contribution in [0.25, 0.3) is 0 Å². The summed E-state index contributed by atoms with van der Waals surface area (Å²) in [7, 11) is 0. The van der Waals surface area contributed by atoms with Crippen LogP contribution >= 0.6 is 11.6 Å². The molecule has 1 heterocycles. The molecule has 0 radical (unpaired) electrons. The van der Waals surface area contributed by atoms with Gasteiger partial charge >= 0.3 is 5.69 Å². The number of halogens is 1. The van der Waals surface area contributed by atoms with Crippen molar-refractivity contribution in [2.75, 3.05) is 19.8 Å². The highest BCUT2D eigenvalue weighted by Gasteiger charge is 2.23. The van der Waals surface area contributed by atoms with Gasteiger partial charge in [0, 0.05) is 6.61 Å². The lowest BCUT2D eigenvalue weighted by atomic mass is 10.2. The molecule has 0 spiro atoms. The molecule has 1 rings (SSSR count). The van der Waals surface area contributed by atoms with Crippen molar-refractivity contribution in [2.24, 2.45) is 5.92 Å². The molecule has 0 aliphatic heterocycles. The van der Waals surface area contributed by atoms with Crippen molar-refractivity contribution in [1.29, 1.82) is 0 Å². The Labute approximate surface area is 116 Å². The van der Waals surface area contributed by atoms with Gasteiger partial charge in [-0.3, -0.25) is 10.1 Å². The van der Waals surface area contributed by atoms with Crippen molar-refractivity contribution in [3.8, 4) is 5.88 Å². The molecule has 8 heteroatoms. The molecule has 0 amide bonds. The maximum Gasteiger partial charge on any atom is 0.352 e. The summed E-state index contributed by atoms with van der Waals surface area (Å²) in [4.78, 5) is 17.8. The van der Waals surface area contributed by atoms with Gasteiger partial charge in [0.1, 0.15) is 12.3 Å². The van der Waals surface area contributed by atoms with Crippen LogP contribution in [-0.2, 0) is 4.74 Å². The number of aromatic nitrogens is 2. The third-order valence-electron chi connectivity index (χ3n) is 2.10. The average Bonchev–Trinajstić information content (AvgIpc) is 2.26. The van der Waals surface area contributed by atoms with E-state index in [2.05, 4.69) is 9.97 Å². The average molecular weight is 290 g/mol. The second-order valence-electron chi connectivity index (χ2n) is 4.31. The van der Waals surface area contributed by atoms with Crippen LogP contribution in [0.15, 0.2) is 0 Å². The summed E-state index contributed by atoms with van der Waals surface area (Å²) in [5.74, 6) is 0.292. The molecule has 19 heavy (non-hydrogen) atoms. The zero-order valence-corrected chi connectivity index (χ0v) is 11.8. The summed E-state index contributed by atoms with van der Waals surface area (Å²) in [6.07, 6.45) is 0. The normalized spacial score (nSPS) is 10.8. The Bertz CT molecular complexity index is 454. The van der Waals surface area contributed by atoms with Gasteiger partial charge in [-0.25, -0.2) is 4.98 Å². The van der Waals surface area contributed by atoms with Crippen LogP contribution in [0.5, 0.6) is 5.88 Å². The third kappa shape index (κ3) is 4.96. The molecular weight excluding hydrogens is 274 g/mol. The van der Waals surface area contributed by atoms with E-state index in [-0.39, 0.29) is 29.2 Å². The monoisotopic (exact) mass is 289 g/mol. The molecule has 1 aromatic rings. The van der Waals surface area contributed by atoms with Crippen LogP contribution in [0.4, 0.5) is 5.69 Å². The van der Waals surface area contributed by atoms with E-state index in [0.29, 0.717) is 19.1 Å². The number of nitro groups is 1. The van der Waals surface area contributed by atoms with E-state index in [1.165, 1.54) is 6.92 Å². The van der Waals surface area contributed by atoms with E-state index in [1.54, 1.807) is 0 Å². The first kappa shape index (κ1) is 15.6. The summed E-state index contributed by atoms with van der Waals surface area (Å²) >= 11 is 5.65. The van der Waals surface area contributed by atoms with Crippen molar-refractivity contribution < 1.29 is 14.4 Å². The molecular formula is C11H16ClN3O4. The van der Waals surface area contributed by atoms with Crippen molar-refractivity contribution in [1.82, 2.24) is 9.97 Å². The van der Waals surface area contributed by atoms with Gasteiger partial charge in [0.05, 0.1) is 11.5 Å². The molecule has 1 aromatic heterocycles. The van der Waals surface area contributed by atoms with Gasteiger partial charge in [-0.15, -0.1) is 0 Å². The van der Waals surface area contributed by atoms with E-state index in [4.69, 9.17) is 21.1 Å². The lowest BCUT2D eigenvalue weighted by molar-refractivity contribution is -0.387. The molecule has 0 N–H and O–H groups in total. The molecule has 7 nitrogen and oxygen atoms in total. The van der Waals surface area contributed by atoms with Crippen LogP contribution in [0.3, 0.4) is 0 Å². The third-order valence-corrected chi connectivity index (χ3v) is 2.27. The lowest BCUT2D eigenvalue weighted by Gasteiger charge is -2.09. The molecule has 0 aliphatic rings. The van der Waals surface area contributed by atoms with Gasteiger partial charge in [0.2, 0.25) is 5.28 Å². The number of hydrogen-bond acceptors (Lipinski definition) is 6. The highest BCUT2D eigenvalue weighted by Crippen LogP contribution is 2.28. The number of ether oxygens (including phenoxy) is 2. The minimum atomic E-state index is -0.587. The van der Waals surface area contributed by atoms with Crippen molar-refractivity contribution in [2.45, 2.75) is 20.8 Å². The van der Waals surface area contributed by atoms with Gasteiger partial charge in [0.15, 0.2) is 0 Å². The summed E-state index contributed by atoms with van der Waals surface area (Å²) in [6.45, 7) is 6.64. The number of nitrogens with zero attached hydrogens (tertiary/aromatic N) is 3. The Morgan fingerprint density at radius 2 is 2.05 bits per heavy atom. The maximum atomic E-state index is 10.9. The predicted octanol–water partition coefficient (Wildman–Crippen LogP) is 2.40. The first-order valence-corrected chi connectivity index (χ1v) is 6.18. The second kappa shape index (κ2) is 7.20. The second-order valence-corrected chi connectivity index (χ2v) is 4.64. The fourth-order valence-electron chi connectivity index (χ4n) is 1.33. The standard InChI is InChI=1S/C11H16ClN3O4/c1-7(2)6-18-4-5-19-10-9(15(16)17)8(3)13-11(12)14-10/h7H,4-6H2,1-3H3. The highest BCUT2D eigenvalue weighted by atomic mass is 35.5. The summed E-state index contributed by atoms with van der Waals surface area (Å²) in [6, 6.07) is 0. The molecule has 0 aromatic carbocycles. The molecule has 0 unspecified atom stereocenters. The van der Waals surface area contributed by atoms with E-state index in [0.717, 1.165) is 0 Å². The van der Waals surface area contributed by atoms with Crippen LogP contribution in [0, 0.1) is 23.0 Å². The Morgan fingerprint density at radius 3 is 2.63 bits per heavy atom. The zero-order valence-electron chi connectivity index (χ0n) is 11.1. The highest BCUT2D eigenvalue weighted by molar-refractivity contribution is 6.28. The number of aryl methyl sites for hydroxylation is 1. The Morgan fingerprint density at radius 1 is 1.37 bits per heavy atom. The SMILES string of the molecule is Cc1nc(Cl)nc(OCCOCC(C)C)c1[N+](=O)[O-]. The quantitative estimate of drug-likeness (QED) is 0.331. The van der Waals surface area contributed by atoms with Crippen LogP contribution in [0.2, 0.25) is 5.28 Å². The van der Waals surface area contributed by atoms with Gasteiger partial charge < -0.3 is 9.47 Å². The number of hydrogen-bond donors (Lipinski definition) is 0. The zero-order chi connectivity index (χ0) is 14.4.